The number of hydrogen-bond acceptors (Lipinski definition) is 6. The number of anilines is 1. The number of nitrogen functional groups attached to an aromatic ring is 1. The van der Waals surface area contributed by atoms with Crippen molar-refractivity contribution in [1.29, 1.82) is 0 Å². The molecule has 1 aliphatic heterocycles. The fraction of sp³-hybridized carbons (Fsp3) is 0.647. The molecule has 0 radical (unpaired) electrons. The molecule has 3 rings (SSSR count). The maximum absolute atomic E-state index is 10.3. The predicted molar refractivity (Wildman–Crippen MR) is 100 cm³/mol. The van der Waals surface area contributed by atoms with E-state index >= 15 is 0 Å². The van der Waals surface area contributed by atoms with E-state index in [-0.39, 0.29) is 6.10 Å². The van der Waals surface area contributed by atoms with Crippen LogP contribution < -0.4 is 5.73 Å². The molecule has 0 amide bonds. The Morgan fingerprint density at radius 2 is 2.29 bits per heavy atom. The largest absolute Gasteiger partial charge is 0.391 e. The Morgan fingerprint density at radius 1 is 1.42 bits per heavy atom. The van der Waals surface area contributed by atoms with Gasteiger partial charge in [-0.15, -0.1) is 0 Å². The lowest BCUT2D eigenvalue weighted by molar-refractivity contribution is 0.150. The maximum Gasteiger partial charge on any atom is 0.151 e. The van der Waals surface area contributed by atoms with Gasteiger partial charge in [-0.05, 0) is 29.9 Å². The summed E-state index contributed by atoms with van der Waals surface area (Å²) in [4.78, 5) is 13.9. The summed E-state index contributed by atoms with van der Waals surface area (Å²) in [5, 5.41) is 10.3. The van der Waals surface area contributed by atoms with Crippen LogP contribution in [0.25, 0.3) is 11.0 Å². The van der Waals surface area contributed by atoms with Crippen molar-refractivity contribution in [3.63, 3.8) is 0 Å². The molecular weight excluding hydrogens is 322 g/mol. The Morgan fingerprint density at radius 3 is 3.12 bits per heavy atom. The quantitative estimate of drug-likeness (QED) is 0.631. The average Bonchev–Trinajstić information content (AvgIpc) is 3.14. The zero-order valence-electron chi connectivity index (χ0n) is 14.2. The fourth-order valence-electron chi connectivity index (χ4n) is 3.25. The van der Waals surface area contributed by atoms with Crippen LogP contribution in [-0.4, -0.2) is 62.2 Å². The summed E-state index contributed by atoms with van der Waals surface area (Å²) in [6, 6.07) is 0. The Kier molecular flexibility index (Phi) is 5.97. The molecule has 0 saturated carbocycles. The second-order valence-corrected chi connectivity index (χ2v) is 7.71. The molecule has 24 heavy (non-hydrogen) atoms. The molecule has 1 fully saturated rings. The van der Waals surface area contributed by atoms with Gasteiger partial charge < -0.3 is 20.7 Å². The highest BCUT2D eigenvalue weighted by Gasteiger charge is 2.30. The van der Waals surface area contributed by atoms with Gasteiger partial charge in [0.1, 0.15) is 11.8 Å². The van der Waals surface area contributed by atoms with Crippen molar-refractivity contribution in [2.75, 3.05) is 36.9 Å². The van der Waals surface area contributed by atoms with E-state index < -0.39 is 0 Å². The minimum absolute atomic E-state index is 0.194. The third kappa shape index (κ3) is 4.02. The van der Waals surface area contributed by atoms with Crippen LogP contribution in [0.2, 0.25) is 0 Å². The second-order valence-electron chi connectivity index (χ2n) is 6.56. The van der Waals surface area contributed by atoms with Crippen molar-refractivity contribution in [2.24, 2.45) is 5.92 Å². The van der Waals surface area contributed by atoms with Crippen LogP contribution in [0, 0.1) is 5.92 Å². The molecular formula is C17H27N5OS. The maximum atomic E-state index is 10.3. The van der Waals surface area contributed by atoms with E-state index in [1.54, 1.807) is 0 Å². The number of fused-ring (bicyclic) bond motifs is 1. The van der Waals surface area contributed by atoms with Gasteiger partial charge in [0.2, 0.25) is 0 Å². The van der Waals surface area contributed by atoms with Crippen molar-refractivity contribution in [1.82, 2.24) is 19.9 Å². The number of H-pyrrole nitrogens is 1. The summed E-state index contributed by atoms with van der Waals surface area (Å²) in [5.74, 6) is 3.16. The van der Waals surface area contributed by atoms with Crippen molar-refractivity contribution in [3.8, 4) is 0 Å². The van der Waals surface area contributed by atoms with Gasteiger partial charge in [0.25, 0.3) is 0 Å². The third-order valence-electron chi connectivity index (χ3n) is 4.73. The molecule has 3 heterocycles. The molecule has 0 unspecified atom stereocenters. The van der Waals surface area contributed by atoms with Gasteiger partial charge in [-0.3, -0.25) is 0 Å². The summed E-state index contributed by atoms with van der Waals surface area (Å²) in [5.41, 5.74) is 8.76. The number of likely N-dealkylation sites (tertiary alicyclic amines) is 1. The number of aromatic nitrogens is 3. The smallest absolute Gasteiger partial charge is 0.151 e. The number of hydrogen-bond donors (Lipinski definition) is 3. The van der Waals surface area contributed by atoms with Gasteiger partial charge in [-0.1, -0.05) is 13.3 Å². The molecule has 2 atom stereocenters. The monoisotopic (exact) mass is 349 g/mol. The van der Waals surface area contributed by atoms with E-state index in [1.165, 1.54) is 24.9 Å². The highest BCUT2D eigenvalue weighted by Crippen LogP contribution is 2.24. The SMILES string of the molecule is CCCCSC[C@H]1CN(CCc2c[nH]c3c(N)ncnc23)C[C@@H]1O. The number of thioether (sulfide) groups is 1. The van der Waals surface area contributed by atoms with Crippen molar-refractivity contribution in [3.05, 3.63) is 18.1 Å². The number of nitrogens with one attached hydrogen (secondary N) is 1. The third-order valence-corrected chi connectivity index (χ3v) is 5.97. The Hall–Kier alpha value is -1.31. The second kappa shape index (κ2) is 8.18. The Labute approximate surface area is 147 Å². The van der Waals surface area contributed by atoms with Crippen LogP contribution in [0.3, 0.4) is 0 Å². The van der Waals surface area contributed by atoms with E-state index in [0.29, 0.717) is 11.7 Å². The van der Waals surface area contributed by atoms with E-state index in [4.69, 9.17) is 5.73 Å². The fourth-order valence-corrected chi connectivity index (χ4v) is 4.54. The molecule has 0 aliphatic carbocycles. The summed E-state index contributed by atoms with van der Waals surface area (Å²) in [6.45, 7) is 4.91. The zero-order valence-corrected chi connectivity index (χ0v) is 15.1. The minimum Gasteiger partial charge on any atom is -0.391 e. The van der Waals surface area contributed by atoms with E-state index in [9.17, 15) is 5.11 Å². The lowest BCUT2D eigenvalue weighted by Gasteiger charge is -2.15. The summed E-state index contributed by atoms with van der Waals surface area (Å²) in [7, 11) is 0. The number of aliphatic hydroxyl groups is 1. The van der Waals surface area contributed by atoms with E-state index in [1.807, 2.05) is 18.0 Å². The number of nitrogens with two attached hydrogens (primary N) is 1. The lowest BCUT2D eigenvalue weighted by atomic mass is 10.1. The molecule has 0 spiro atoms. The number of aliphatic hydroxyl groups excluding tert-OH is 1. The van der Waals surface area contributed by atoms with Crippen LogP contribution >= 0.6 is 11.8 Å². The normalized spacial score (nSPS) is 21.8. The highest BCUT2D eigenvalue weighted by atomic mass is 32.2. The first-order valence-corrected chi connectivity index (χ1v) is 9.89. The molecule has 2 aromatic rings. The summed E-state index contributed by atoms with van der Waals surface area (Å²) < 4.78 is 0. The molecule has 4 N–H and O–H groups in total. The molecule has 1 aliphatic rings. The summed E-state index contributed by atoms with van der Waals surface area (Å²) in [6.07, 6.45) is 6.70. The summed E-state index contributed by atoms with van der Waals surface area (Å²) >= 11 is 1.98. The Balaban J connectivity index is 1.51. The number of unbranched alkanes of at least 4 members (excludes halogenated alkanes) is 1. The lowest BCUT2D eigenvalue weighted by Crippen LogP contribution is -2.24. The number of aromatic amines is 1. The standard InChI is InChI=1S/C17H27N5OS/c1-2-3-6-24-10-13-8-22(9-14(13)23)5-4-12-7-19-16-15(12)20-11-21-17(16)18/h7,11,13-14,19,23H,2-6,8-10H2,1H3,(H2,18,20,21)/t13-,14+/m1/s1. The van der Waals surface area contributed by atoms with Crippen molar-refractivity contribution in [2.45, 2.75) is 32.3 Å². The average molecular weight is 350 g/mol. The first kappa shape index (κ1) is 17.5. The van der Waals surface area contributed by atoms with Crippen LogP contribution in [-0.2, 0) is 6.42 Å². The molecule has 7 heteroatoms. The van der Waals surface area contributed by atoms with Gasteiger partial charge in [0.15, 0.2) is 5.82 Å². The predicted octanol–water partition coefficient (Wildman–Crippen LogP) is 1.91. The van der Waals surface area contributed by atoms with Gasteiger partial charge in [-0.2, -0.15) is 11.8 Å². The molecule has 6 nitrogen and oxygen atoms in total. The van der Waals surface area contributed by atoms with Crippen molar-refractivity contribution < 1.29 is 5.11 Å². The highest BCUT2D eigenvalue weighted by molar-refractivity contribution is 7.99. The van der Waals surface area contributed by atoms with Crippen LogP contribution in [0.5, 0.6) is 0 Å². The number of nitrogens with zero attached hydrogens (tertiary/aromatic N) is 3. The van der Waals surface area contributed by atoms with Crippen molar-refractivity contribution >= 4 is 28.6 Å². The Bertz CT molecular complexity index is 661. The first-order chi connectivity index (χ1) is 11.7. The van der Waals surface area contributed by atoms with Gasteiger partial charge in [-0.25, -0.2) is 9.97 Å². The zero-order chi connectivity index (χ0) is 16.9. The topological polar surface area (TPSA) is 91.1 Å². The van der Waals surface area contributed by atoms with Crippen LogP contribution in [0.1, 0.15) is 25.3 Å². The van der Waals surface area contributed by atoms with Gasteiger partial charge in [0.05, 0.1) is 11.6 Å². The minimum atomic E-state index is -0.194. The van der Waals surface area contributed by atoms with Crippen LogP contribution in [0.4, 0.5) is 5.82 Å². The van der Waals surface area contributed by atoms with E-state index in [0.717, 1.165) is 48.4 Å². The number of rotatable bonds is 8. The van der Waals surface area contributed by atoms with E-state index in [2.05, 4.69) is 26.8 Å². The number of β-amino-alcohol motifs (C(OH)–C–C–N with tert-alkyl or cyclic N) is 1. The molecule has 0 aromatic carbocycles. The molecule has 1 saturated heterocycles. The molecule has 132 valence electrons. The first-order valence-electron chi connectivity index (χ1n) is 8.73. The van der Waals surface area contributed by atoms with Gasteiger partial charge in [0, 0.05) is 31.7 Å². The van der Waals surface area contributed by atoms with Gasteiger partial charge >= 0.3 is 0 Å². The van der Waals surface area contributed by atoms with Crippen LogP contribution in [0.15, 0.2) is 12.5 Å². The molecule has 0 bridgehead atoms. The molecule has 2 aromatic heterocycles.